The number of carbonyl (C=O) groups is 1. The van der Waals surface area contributed by atoms with Gasteiger partial charge in [-0.3, -0.25) is 4.79 Å². The van der Waals surface area contributed by atoms with Gasteiger partial charge in [-0.1, -0.05) is 0 Å². The van der Waals surface area contributed by atoms with E-state index in [4.69, 9.17) is 4.74 Å². The van der Waals surface area contributed by atoms with Gasteiger partial charge >= 0.3 is 0 Å². The first-order valence-electron chi connectivity index (χ1n) is 6.23. The topological polar surface area (TPSA) is 63.2 Å². The molecule has 1 aromatic rings. The molecule has 2 heterocycles. The molecule has 2 N–H and O–H groups in total. The van der Waals surface area contributed by atoms with E-state index < -0.39 is 0 Å². The molecule has 0 aliphatic carbocycles. The lowest BCUT2D eigenvalue weighted by atomic mass is 10.0. The van der Waals surface area contributed by atoms with E-state index in [9.17, 15) is 4.79 Å². The Morgan fingerprint density at radius 1 is 1.61 bits per heavy atom. The summed E-state index contributed by atoms with van der Waals surface area (Å²) in [5, 5.41) is 5.94. The molecule has 0 saturated carbocycles. The largest absolute Gasteiger partial charge is 0.381 e. The summed E-state index contributed by atoms with van der Waals surface area (Å²) in [6.07, 6.45) is 2.67. The monoisotopic (exact) mass is 249 g/mol. The van der Waals surface area contributed by atoms with Crippen molar-refractivity contribution in [1.82, 2.24) is 10.3 Å². The Morgan fingerprint density at radius 3 is 3.11 bits per heavy atom. The average Bonchev–Trinajstić information content (AvgIpc) is 2.92. The molecule has 0 aromatic carbocycles. The molecule has 1 saturated heterocycles. The molecule has 98 valence electrons. The van der Waals surface area contributed by atoms with Crippen LogP contribution in [0.5, 0.6) is 0 Å². The maximum atomic E-state index is 12.2. The summed E-state index contributed by atoms with van der Waals surface area (Å²) in [4.78, 5) is 16.3. The predicted molar refractivity (Wildman–Crippen MR) is 69.6 cm³/mol. The number of amides is 1. The van der Waals surface area contributed by atoms with Crippen molar-refractivity contribution < 1.29 is 9.53 Å². The van der Waals surface area contributed by atoms with Gasteiger partial charge in [0.2, 0.25) is 0 Å². The Hall–Kier alpha value is -1.62. The van der Waals surface area contributed by atoms with Crippen LogP contribution in [0.1, 0.15) is 23.7 Å². The van der Waals surface area contributed by atoms with E-state index in [1.807, 2.05) is 6.92 Å². The van der Waals surface area contributed by atoms with Crippen LogP contribution >= 0.6 is 0 Å². The minimum Gasteiger partial charge on any atom is -0.381 e. The van der Waals surface area contributed by atoms with Crippen molar-refractivity contribution in [2.24, 2.45) is 5.92 Å². The normalized spacial score (nSPS) is 20.4. The Kier molecular flexibility index (Phi) is 4.15. The van der Waals surface area contributed by atoms with Crippen LogP contribution in [0.4, 0.5) is 5.82 Å². The molecular formula is C13H19N3O2. The van der Waals surface area contributed by atoms with Gasteiger partial charge in [-0.25, -0.2) is 4.98 Å². The van der Waals surface area contributed by atoms with Crippen LogP contribution in [-0.2, 0) is 4.74 Å². The molecule has 0 spiro atoms. The summed E-state index contributed by atoms with van der Waals surface area (Å²) >= 11 is 0. The number of hydrogen-bond donors (Lipinski definition) is 2. The van der Waals surface area contributed by atoms with E-state index >= 15 is 0 Å². The van der Waals surface area contributed by atoms with E-state index in [1.165, 1.54) is 0 Å². The lowest BCUT2D eigenvalue weighted by Gasteiger charge is -2.19. The third-order valence-corrected chi connectivity index (χ3v) is 3.32. The number of ether oxygens (including phenoxy) is 1. The number of nitrogens with one attached hydrogen (secondary N) is 2. The number of carbonyl (C=O) groups excluding carboxylic acids is 1. The number of hydrogen-bond acceptors (Lipinski definition) is 4. The number of nitrogens with zero attached hydrogens (tertiary/aromatic N) is 1. The maximum Gasteiger partial charge on any atom is 0.255 e. The van der Waals surface area contributed by atoms with Crippen molar-refractivity contribution in [2.75, 3.05) is 25.6 Å². The molecule has 0 radical (unpaired) electrons. The molecular weight excluding hydrogens is 230 g/mol. The van der Waals surface area contributed by atoms with Crippen molar-refractivity contribution in [1.29, 1.82) is 0 Å². The van der Waals surface area contributed by atoms with Crippen molar-refractivity contribution in [3.8, 4) is 0 Å². The summed E-state index contributed by atoms with van der Waals surface area (Å²) < 4.78 is 5.33. The predicted octanol–water partition coefficient (Wildman–Crippen LogP) is 1.28. The molecule has 1 amide bonds. The second-order valence-corrected chi connectivity index (χ2v) is 4.54. The highest BCUT2D eigenvalue weighted by molar-refractivity contribution is 5.98. The number of anilines is 1. The number of aromatic nitrogens is 1. The summed E-state index contributed by atoms with van der Waals surface area (Å²) in [6.45, 7) is 3.54. The Balaban J connectivity index is 2.02. The molecule has 1 fully saturated rings. The van der Waals surface area contributed by atoms with Gasteiger partial charge in [-0.2, -0.15) is 0 Å². The van der Waals surface area contributed by atoms with Gasteiger partial charge in [-0.05, 0) is 25.5 Å². The zero-order chi connectivity index (χ0) is 13.0. The highest BCUT2D eigenvalue weighted by atomic mass is 16.5. The van der Waals surface area contributed by atoms with Crippen molar-refractivity contribution in [3.63, 3.8) is 0 Å². The SMILES string of the molecule is CNc1ncccc1C(=O)NC(C)C1CCOC1. The zero-order valence-corrected chi connectivity index (χ0v) is 10.8. The van der Waals surface area contributed by atoms with Crippen LogP contribution in [-0.4, -0.2) is 37.2 Å². The lowest BCUT2D eigenvalue weighted by Crippen LogP contribution is -2.38. The van der Waals surface area contributed by atoms with Crippen LogP contribution in [0.25, 0.3) is 0 Å². The van der Waals surface area contributed by atoms with Crippen LogP contribution in [0.2, 0.25) is 0 Å². The van der Waals surface area contributed by atoms with Gasteiger partial charge in [0.15, 0.2) is 0 Å². The Bertz CT molecular complexity index is 416. The molecule has 2 rings (SSSR count). The minimum absolute atomic E-state index is 0.0909. The summed E-state index contributed by atoms with van der Waals surface area (Å²) in [5.74, 6) is 0.917. The maximum absolute atomic E-state index is 12.2. The molecule has 18 heavy (non-hydrogen) atoms. The Morgan fingerprint density at radius 2 is 2.44 bits per heavy atom. The van der Waals surface area contributed by atoms with Crippen molar-refractivity contribution in [2.45, 2.75) is 19.4 Å². The summed E-state index contributed by atoms with van der Waals surface area (Å²) in [6, 6.07) is 3.65. The molecule has 1 aromatic heterocycles. The Labute approximate surface area is 107 Å². The number of rotatable bonds is 4. The second kappa shape index (κ2) is 5.82. The van der Waals surface area contributed by atoms with Crippen LogP contribution in [0.3, 0.4) is 0 Å². The number of pyridine rings is 1. The molecule has 2 unspecified atom stereocenters. The fraction of sp³-hybridized carbons (Fsp3) is 0.538. The van der Waals surface area contributed by atoms with Crippen molar-refractivity contribution in [3.05, 3.63) is 23.9 Å². The fourth-order valence-corrected chi connectivity index (χ4v) is 2.14. The van der Waals surface area contributed by atoms with E-state index in [2.05, 4.69) is 15.6 Å². The molecule has 1 aliphatic rings. The van der Waals surface area contributed by atoms with Gasteiger partial charge in [0.1, 0.15) is 5.82 Å². The highest BCUT2D eigenvalue weighted by Gasteiger charge is 2.24. The zero-order valence-electron chi connectivity index (χ0n) is 10.8. The first-order chi connectivity index (χ1) is 8.72. The van der Waals surface area contributed by atoms with Gasteiger partial charge in [0.05, 0.1) is 12.2 Å². The lowest BCUT2D eigenvalue weighted by molar-refractivity contribution is 0.0922. The van der Waals surface area contributed by atoms with E-state index in [1.54, 1.807) is 25.4 Å². The van der Waals surface area contributed by atoms with Crippen LogP contribution in [0, 0.1) is 5.92 Å². The van der Waals surface area contributed by atoms with Crippen molar-refractivity contribution >= 4 is 11.7 Å². The third kappa shape index (κ3) is 2.79. The molecule has 5 nitrogen and oxygen atoms in total. The minimum atomic E-state index is -0.0909. The highest BCUT2D eigenvalue weighted by Crippen LogP contribution is 2.17. The molecule has 1 aliphatic heterocycles. The van der Waals surface area contributed by atoms with Gasteiger partial charge < -0.3 is 15.4 Å². The summed E-state index contributed by atoms with van der Waals surface area (Å²) in [7, 11) is 1.76. The van der Waals surface area contributed by atoms with Gasteiger partial charge in [-0.15, -0.1) is 0 Å². The second-order valence-electron chi connectivity index (χ2n) is 4.54. The van der Waals surface area contributed by atoms with E-state index in [0.717, 1.165) is 19.6 Å². The quantitative estimate of drug-likeness (QED) is 0.843. The smallest absolute Gasteiger partial charge is 0.255 e. The molecule has 2 atom stereocenters. The fourth-order valence-electron chi connectivity index (χ4n) is 2.14. The average molecular weight is 249 g/mol. The first-order valence-corrected chi connectivity index (χ1v) is 6.23. The van der Waals surface area contributed by atoms with E-state index in [-0.39, 0.29) is 11.9 Å². The third-order valence-electron chi connectivity index (χ3n) is 3.32. The van der Waals surface area contributed by atoms with Crippen LogP contribution in [0.15, 0.2) is 18.3 Å². The summed E-state index contributed by atoms with van der Waals surface area (Å²) in [5.41, 5.74) is 0.575. The standard InChI is InChI=1S/C13H19N3O2/c1-9(10-5-7-18-8-10)16-13(17)11-4-3-6-15-12(11)14-2/h3-4,6,9-10H,5,7-8H2,1-2H3,(H,14,15)(H,16,17). The molecule has 5 heteroatoms. The van der Waals surface area contributed by atoms with Gasteiger partial charge in [0, 0.05) is 31.8 Å². The van der Waals surface area contributed by atoms with Crippen LogP contribution < -0.4 is 10.6 Å². The first kappa shape index (κ1) is 12.8. The van der Waals surface area contributed by atoms with Gasteiger partial charge in [0.25, 0.3) is 5.91 Å². The molecule has 0 bridgehead atoms. The van der Waals surface area contributed by atoms with E-state index in [0.29, 0.717) is 17.3 Å².